The van der Waals surface area contributed by atoms with E-state index in [0.29, 0.717) is 13.0 Å². The Kier molecular flexibility index (Phi) is 7.21. The van der Waals surface area contributed by atoms with Crippen molar-refractivity contribution in [1.29, 1.82) is 0 Å². The Hall–Kier alpha value is -2.38. The van der Waals surface area contributed by atoms with Crippen molar-refractivity contribution in [1.82, 2.24) is 9.56 Å². The number of carboxylic acid groups (broad SMARTS) is 1. The molecule has 6 nitrogen and oxygen atoms in total. The van der Waals surface area contributed by atoms with Crippen LogP contribution in [0, 0.1) is 0 Å². The molecule has 1 aliphatic heterocycles. The lowest BCUT2D eigenvalue weighted by Gasteiger charge is -2.19. The quantitative estimate of drug-likeness (QED) is 0.439. The molecule has 3 rings (SSSR count). The van der Waals surface area contributed by atoms with Crippen molar-refractivity contribution in [3.8, 4) is 16.3 Å². The summed E-state index contributed by atoms with van der Waals surface area (Å²) in [5.74, 6) is 0.0493. The van der Waals surface area contributed by atoms with E-state index in [1.54, 1.807) is 18.4 Å². The van der Waals surface area contributed by atoms with E-state index in [4.69, 9.17) is 14.8 Å². The summed E-state index contributed by atoms with van der Waals surface area (Å²) in [5, 5.41) is 9.82. The normalized spacial score (nSPS) is 10.6. The molecule has 0 radical (unpaired) electrons. The first kappa shape index (κ1) is 21.9. The van der Waals surface area contributed by atoms with Crippen molar-refractivity contribution in [3.63, 3.8) is 0 Å². The molecule has 1 N–H and O–H groups in total. The van der Waals surface area contributed by atoms with Gasteiger partial charge in [-0.1, -0.05) is 0 Å². The molecule has 0 amide bonds. The highest BCUT2D eigenvalue weighted by Gasteiger charge is 2.15. The first-order valence-electron chi connectivity index (χ1n) is 8.75. The maximum Gasteiger partial charge on any atom is 0.303 e. The van der Waals surface area contributed by atoms with E-state index >= 15 is 0 Å². The van der Waals surface area contributed by atoms with Gasteiger partial charge in [-0.15, -0.1) is 11.3 Å². The molecule has 0 unspecified atom stereocenters. The van der Waals surface area contributed by atoms with Crippen molar-refractivity contribution in [3.05, 3.63) is 35.7 Å². The fourth-order valence-electron chi connectivity index (χ4n) is 2.98. The minimum absolute atomic E-state index is 0. The lowest BCUT2D eigenvalue weighted by molar-refractivity contribution is -0.137. The van der Waals surface area contributed by atoms with Gasteiger partial charge in [0.05, 0.1) is 27.9 Å². The van der Waals surface area contributed by atoms with Crippen LogP contribution in [0.15, 0.2) is 30.3 Å². The minimum atomic E-state index is -0.757. The van der Waals surface area contributed by atoms with E-state index in [9.17, 15) is 4.79 Å². The molecule has 2 aliphatic rings. The molecule has 1 aromatic rings. The number of hydrogen-bond acceptors (Lipinski definition) is 5. The molecule has 150 valence electrons. The number of hydrogen-bond donors (Lipinski definition) is 1. The number of rotatable bonds is 6. The fraction of sp³-hybridized carbons (Fsp3) is 0.350. The van der Waals surface area contributed by atoms with Gasteiger partial charge in [0.15, 0.2) is 5.75 Å². The standard InChI is InChI=1S/C20H23N3O3S.ClH/c1-22(2)16-12-19-15(11-17(16)26-4)21-14-8-7-13(10-18(14)27-19)23(3)9-5-6-20(24)25;/h7-8,10-12H,5-6,9H2,1-4H3;1H. The number of halogens is 1. The van der Waals surface area contributed by atoms with Gasteiger partial charge in [0.25, 0.3) is 0 Å². The number of aliphatic carboxylic acids is 1. The molecule has 0 fully saturated rings. The maximum atomic E-state index is 10.7. The molecular weight excluding hydrogens is 398 g/mol. The molecule has 0 aromatic heterocycles. The van der Waals surface area contributed by atoms with Gasteiger partial charge in [-0.3, -0.25) is 4.79 Å². The SMILES string of the molecule is COc1cc2nc3ccc(N(C)CCCC(=O)O)cc3sc-2cc1=[N+](C)C.[Cl-]. The van der Waals surface area contributed by atoms with Gasteiger partial charge in [-0.05, 0) is 24.6 Å². The first-order valence-corrected chi connectivity index (χ1v) is 9.56. The number of anilines is 1. The average Bonchev–Trinajstić information content (AvgIpc) is 2.64. The van der Waals surface area contributed by atoms with Gasteiger partial charge in [0.2, 0.25) is 5.36 Å². The van der Waals surface area contributed by atoms with Gasteiger partial charge in [0, 0.05) is 37.8 Å². The molecule has 0 saturated carbocycles. The molecule has 0 spiro atoms. The number of aromatic nitrogens is 1. The summed E-state index contributed by atoms with van der Waals surface area (Å²) in [6.45, 7) is 0.700. The summed E-state index contributed by atoms with van der Waals surface area (Å²) in [4.78, 5) is 18.7. The summed E-state index contributed by atoms with van der Waals surface area (Å²) in [7, 11) is 7.64. The van der Waals surface area contributed by atoms with Crippen molar-refractivity contribution in [2.75, 3.05) is 39.7 Å². The Morgan fingerprint density at radius 3 is 2.68 bits per heavy atom. The van der Waals surface area contributed by atoms with E-state index in [-0.39, 0.29) is 18.8 Å². The summed E-state index contributed by atoms with van der Waals surface area (Å²) >= 11 is 1.70. The van der Waals surface area contributed by atoms with Crippen molar-refractivity contribution < 1.29 is 27.0 Å². The van der Waals surface area contributed by atoms with Crippen LogP contribution in [0.25, 0.3) is 20.8 Å². The van der Waals surface area contributed by atoms with Gasteiger partial charge in [-0.2, -0.15) is 0 Å². The molecule has 8 heteroatoms. The second-order valence-electron chi connectivity index (χ2n) is 6.67. The second-order valence-corrected chi connectivity index (χ2v) is 7.75. The fourth-order valence-corrected chi connectivity index (χ4v) is 3.99. The molecule has 1 aliphatic carbocycles. The third kappa shape index (κ3) is 4.72. The maximum absolute atomic E-state index is 10.7. The summed E-state index contributed by atoms with van der Waals surface area (Å²) in [5.41, 5.74) is 2.92. The average molecular weight is 422 g/mol. The highest BCUT2D eigenvalue weighted by molar-refractivity contribution is 7.21. The number of ether oxygens (including phenoxy) is 1. The minimum Gasteiger partial charge on any atom is -1.00 e. The van der Waals surface area contributed by atoms with Crippen LogP contribution in [0.1, 0.15) is 12.8 Å². The molecule has 0 bridgehead atoms. The van der Waals surface area contributed by atoms with Gasteiger partial charge in [-0.25, -0.2) is 9.56 Å². The van der Waals surface area contributed by atoms with Crippen LogP contribution in [0.2, 0.25) is 0 Å². The van der Waals surface area contributed by atoms with Gasteiger partial charge >= 0.3 is 5.97 Å². The van der Waals surface area contributed by atoms with Crippen LogP contribution in [0.4, 0.5) is 5.69 Å². The summed E-state index contributed by atoms with van der Waals surface area (Å²) in [6.07, 6.45) is 0.803. The van der Waals surface area contributed by atoms with Crippen LogP contribution in [0.3, 0.4) is 0 Å². The largest absolute Gasteiger partial charge is 1.00 e. The van der Waals surface area contributed by atoms with E-state index < -0.39 is 5.97 Å². The van der Waals surface area contributed by atoms with Crippen molar-refractivity contribution in [2.24, 2.45) is 0 Å². The number of carboxylic acids is 1. The van der Waals surface area contributed by atoms with Crippen LogP contribution < -0.4 is 32.0 Å². The van der Waals surface area contributed by atoms with E-state index in [0.717, 1.165) is 37.6 Å². The van der Waals surface area contributed by atoms with Crippen LogP contribution in [-0.2, 0) is 4.79 Å². The smallest absolute Gasteiger partial charge is 0.303 e. The first-order chi connectivity index (χ1) is 12.9. The Labute approximate surface area is 174 Å². The zero-order chi connectivity index (χ0) is 19.6. The molecule has 0 saturated heterocycles. The highest BCUT2D eigenvalue weighted by atomic mass is 35.5. The Morgan fingerprint density at radius 1 is 1.29 bits per heavy atom. The predicted molar refractivity (Wildman–Crippen MR) is 110 cm³/mol. The number of nitrogens with zero attached hydrogens (tertiary/aromatic N) is 3. The van der Waals surface area contributed by atoms with Crippen LogP contribution in [0.5, 0.6) is 5.75 Å². The predicted octanol–water partition coefficient (Wildman–Crippen LogP) is -0.253. The zero-order valence-corrected chi connectivity index (χ0v) is 18.0. The number of benzene rings is 2. The molecule has 1 aromatic carbocycles. The summed E-state index contributed by atoms with van der Waals surface area (Å²) in [6, 6.07) is 10.2. The third-order valence-electron chi connectivity index (χ3n) is 4.47. The van der Waals surface area contributed by atoms with E-state index in [2.05, 4.69) is 17.0 Å². The molecule has 1 heterocycles. The number of methoxy groups -OCH3 is 1. The van der Waals surface area contributed by atoms with E-state index in [1.807, 2.05) is 43.9 Å². The van der Waals surface area contributed by atoms with Crippen LogP contribution in [-0.4, -0.2) is 50.9 Å². The summed E-state index contributed by atoms with van der Waals surface area (Å²) < 4.78 is 8.63. The monoisotopic (exact) mass is 421 g/mol. The van der Waals surface area contributed by atoms with Crippen molar-refractivity contribution >= 4 is 33.2 Å². The number of fused-ring (bicyclic) bond motifs is 2. The Morgan fingerprint density at radius 2 is 2.04 bits per heavy atom. The number of carbonyl (C=O) groups is 1. The zero-order valence-electron chi connectivity index (χ0n) is 16.4. The van der Waals surface area contributed by atoms with Crippen molar-refractivity contribution in [2.45, 2.75) is 12.8 Å². The topological polar surface area (TPSA) is 65.7 Å². The lowest BCUT2D eigenvalue weighted by Crippen LogP contribution is -3.00. The Balaban J connectivity index is 0.00000280. The second kappa shape index (κ2) is 9.21. The third-order valence-corrected chi connectivity index (χ3v) is 5.57. The molecule has 0 atom stereocenters. The van der Waals surface area contributed by atoms with E-state index in [1.165, 1.54) is 0 Å². The molecule has 28 heavy (non-hydrogen) atoms. The molecular formula is C20H24ClN3O3S. The highest BCUT2D eigenvalue weighted by Crippen LogP contribution is 2.33. The lowest BCUT2D eigenvalue weighted by atomic mass is 10.2. The van der Waals surface area contributed by atoms with Crippen LogP contribution >= 0.6 is 11.3 Å². The van der Waals surface area contributed by atoms with Gasteiger partial charge < -0.3 is 27.2 Å². The Bertz CT molecular complexity index is 1030. The van der Waals surface area contributed by atoms with Gasteiger partial charge in [0.1, 0.15) is 14.1 Å².